The van der Waals surface area contributed by atoms with Gasteiger partial charge in [-0.15, -0.1) is 0 Å². The molecule has 0 aliphatic carbocycles. The third kappa shape index (κ3) is 5.51. The molecule has 0 saturated heterocycles. The Kier molecular flexibility index (Phi) is 7.15. The maximum Gasteiger partial charge on any atom is 0.265 e. The first-order valence-electron chi connectivity index (χ1n) is 10.1. The Morgan fingerprint density at radius 3 is 2.55 bits per heavy atom. The van der Waals surface area contributed by atoms with Gasteiger partial charge in [-0.1, -0.05) is 68.9 Å². The molecule has 0 aromatic heterocycles. The average Bonchev–Trinajstić information content (AvgIpc) is 2.71. The number of nitrogens with zero attached hydrogens (tertiary/aromatic N) is 1. The Morgan fingerprint density at radius 1 is 1.14 bits per heavy atom. The second-order valence-corrected chi connectivity index (χ2v) is 8.68. The van der Waals surface area contributed by atoms with Crippen molar-refractivity contribution in [1.82, 2.24) is 5.32 Å². The maximum absolute atomic E-state index is 13.2. The molecule has 0 bridgehead atoms. The van der Waals surface area contributed by atoms with Crippen LogP contribution < -0.4 is 10.2 Å². The number of aryl methyl sites for hydroxylation is 1. The third-order valence-electron chi connectivity index (χ3n) is 4.86. The van der Waals surface area contributed by atoms with Crippen molar-refractivity contribution < 1.29 is 9.59 Å². The molecule has 1 N–H and O–H groups in total. The number of thioether (sulfide) groups is 1. The molecule has 0 saturated carbocycles. The van der Waals surface area contributed by atoms with Crippen LogP contribution in [0.5, 0.6) is 0 Å². The number of para-hydroxylation sites is 1. The highest BCUT2D eigenvalue weighted by Crippen LogP contribution is 2.41. The molecule has 4 nitrogen and oxygen atoms in total. The minimum absolute atomic E-state index is 0.0284. The Bertz CT molecular complexity index is 903. The molecule has 0 spiro atoms. The van der Waals surface area contributed by atoms with Crippen LogP contribution in [0.1, 0.15) is 38.3 Å². The second kappa shape index (κ2) is 9.79. The molecule has 2 amide bonds. The van der Waals surface area contributed by atoms with Crippen LogP contribution in [0.4, 0.5) is 5.69 Å². The molecule has 0 radical (unpaired) electrons. The van der Waals surface area contributed by atoms with Gasteiger partial charge >= 0.3 is 0 Å². The van der Waals surface area contributed by atoms with E-state index in [1.807, 2.05) is 42.5 Å². The van der Waals surface area contributed by atoms with Crippen molar-refractivity contribution >= 4 is 35.3 Å². The van der Waals surface area contributed by atoms with Crippen LogP contribution in [0.15, 0.2) is 58.3 Å². The summed E-state index contributed by atoms with van der Waals surface area (Å²) in [5, 5.41) is 2.93. The Balaban J connectivity index is 1.82. The molecule has 2 aromatic carbocycles. The lowest BCUT2D eigenvalue weighted by Crippen LogP contribution is -2.43. The summed E-state index contributed by atoms with van der Waals surface area (Å²) in [4.78, 5) is 28.8. The number of rotatable bonds is 7. The third-order valence-corrected chi connectivity index (χ3v) is 5.94. The van der Waals surface area contributed by atoms with Gasteiger partial charge in [-0.2, -0.15) is 0 Å². The molecule has 3 rings (SSSR count). The molecule has 1 aliphatic rings. The molecule has 5 heteroatoms. The van der Waals surface area contributed by atoms with Gasteiger partial charge in [0.15, 0.2) is 0 Å². The Hall–Kier alpha value is -2.53. The molecule has 0 atom stereocenters. The molecular weight excluding hydrogens is 380 g/mol. The minimum Gasteiger partial charge on any atom is -0.355 e. The topological polar surface area (TPSA) is 49.4 Å². The predicted molar refractivity (Wildman–Crippen MR) is 121 cm³/mol. The van der Waals surface area contributed by atoms with Crippen LogP contribution in [0, 0.1) is 5.92 Å². The number of amides is 2. The highest BCUT2D eigenvalue weighted by Gasteiger charge is 2.30. The van der Waals surface area contributed by atoms with Gasteiger partial charge < -0.3 is 5.32 Å². The molecular formula is C24H28N2O2S. The van der Waals surface area contributed by atoms with Crippen LogP contribution in [-0.2, 0) is 16.0 Å². The number of fused-ring (bicyclic) bond motifs is 1. The Labute approximate surface area is 177 Å². The highest BCUT2D eigenvalue weighted by atomic mass is 32.2. The number of nitrogens with one attached hydrogen (secondary N) is 1. The number of carbonyl (C=O) groups excluding carboxylic acids is 2. The predicted octanol–water partition coefficient (Wildman–Crippen LogP) is 4.89. The van der Waals surface area contributed by atoms with Crippen LogP contribution in [0.25, 0.3) is 6.08 Å². The molecule has 0 unspecified atom stereocenters. The van der Waals surface area contributed by atoms with Crippen molar-refractivity contribution in [2.45, 2.75) is 38.5 Å². The zero-order chi connectivity index (χ0) is 20.8. The van der Waals surface area contributed by atoms with E-state index in [0.717, 1.165) is 29.0 Å². The van der Waals surface area contributed by atoms with E-state index in [-0.39, 0.29) is 18.4 Å². The van der Waals surface area contributed by atoms with Gasteiger partial charge in [0.1, 0.15) is 6.54 Å². The smallest absolute Gasteiger partial charge is 0.265 e. The van der Waals surface area contributed by atoms with E-state index in [2.05, 4.69) is 38.2 Å². The minimum atomic E-state index is -0.132. The largest absolute Gasteiger partial charge is 0.355 e. The van der Waals surface area contributed by atoms with Gasteiger partial charge in [-0.25, -0.2) is 0 Å². The van der Waals surface area contributed by atoms with Crippen LogP contribution in [0.2, 0.25) is 0 Å². The van der Waals surface area contributed by atoms with E-state index in [9.17, 15) is 9.59 Å². The molecule has 0 fully saturated rings. The number of hydrogen-bond acceptors (Lipinski definition) is 3. The van der Waals surface area contributed by atoms with Gasteiger partial charge in [-0.3, -0.25) is 14.5 Å². The van der Waals surface area contributed by atoms with Gasteiger partial charge in [0.05, 0.1) is 10.6 Å². The van der Waals surface area contributed by atoms with Gasteiger partial charge in [0.25, 0.3) is 5.91 Å². The highest BCUT2D eigenvalue weighted by molar-refractivity contribution is 8.04. The normalized spacial score (nSPS) is 15.0. The summed E-state index contributed by atoms with van der Waals surface area (Å²) in [6.45, 7) is 7.02. The molecule has 2 aromatic rings. The van der Waals surface area contributed by atoms with Gasteiger partial charge in [0.2, 0.25) is 5.91 Å². The lowest BCUT2D eigenvalue weighted by atomic mass is 10.1. The van der Waals surface area contributed by atoms with E-state index in [4.69, 9.17) is 0 Å². The zero-order valence-electron chi connectivity index (χ0n) is 17.3. The summed E-state index contributed by atoms with van der Waals surface area (Å²) in [7, 11) is 0. The Morgan fingerprint density at radius 2 is 1.86 bits per heavy atom. The van der Waals surface area contributed by atoms with Crippen molar-refractivity contribution in [3.05, 3.63) is 64.6 Å². The lowest BCUT2D eigenvalue weighted by Gasteiger charge is -2.29. The first kappa shape index (κ1) is 21.2. The van der Waals surface area contributed by atoms with Gasteiger partial charge in [0, 0.05) is 11.4 Å². The zero-order valence-corrected chi connectivity index (χ0v) is 18.1. The van der Waals surface area contributed by atoms with Crippen molar-refractivity contribution in [2.24, 2.45) is 5.92 Å². The summed E-state index contributed by atoms with van der Waals surface area (Å²) in [6.07, 6.45) is 3.81. The molecule has 29 heavy (non-hydrogen) atoms. The summed E-state index contributed by atoms with van der Waals surface area (Å²) < 4.78 is 0. The number of anilines is 1. The van der Waals surface area contributed by atoms with E-state index >= 15 is 0 Å². The molecule has 1 aliphatic heterocycles. The first-order valence-corrected chi connectivity index (χ1v) is 11.0. The monoisotopic (exact) mass is 408 g/mol. The van der Waals surface area contributed by atoms with Crippen molar-refractivity contribution in [3.8, 4) is 0 Å². The lowest BCUT2D eigenvalue weighted by molar-refractivity contribution is -0.122. The first-order chi connectivity index (χ1) is 14.0. The SMILES string of the molecule is CCc1ccc(C=C2Sc3ccccc3N(CC(=O)NCCC(C)C)C2=O)cc1. The fourth-order valence-electron chi connectivity index (χ4n) is 3.12. The summed E-state index contributed by atoms with van der Waals surface area (Å²) in [5.41, 5.74) is 3.04. The van der Waals surface area contributed by atoms with E-state index in [0.29, 0.717) is 17.4 Å². The van der Waals surface area contributed by atoms with Crippen molar-refractivity contribution in [3.63, 3.8) is 0 Å². The molecule has 1 heterocycles. The summed E-state index contributed by atoms with van der Waals surface area (Å²) in [6, 6.07) is 16.0. The standard InChI is InChI=1S/C24H28N2O2S/c1-4-18-9-11-19(12-10-18)15-22-24(28)26(16-23(27)25-14-13-17(2)3)20-7-5-6-8-21(20)29-22/h5-12,15,17H,4,13-14,16H2,1-3H3,(H,25,27). The fourth-order valence-corrected chi connectivity index (χ4v) is 4.18. The fraction of sp³-hybridized carbons (Fsp3) is 0.333. The number of carbonyl (C=O) groups is 2. The number of benzene rings is 2. The molecule has 152 valence electrons. The van der Waals surface area contributed by atoms with Gasteiger partial charge in [-0.05, 0) is 48.1 Å². The summed E-state index contributed by atoms with van der Waals surface area (Å²) >= 11 is 1.46. The van der Waals surface area contributed by atoms with Crippen LogP contribution in [-0.4, -0.2) is 24.9 Å². The summed E-state index contributed by atoms with van der Waals surface area (Å²) in [5.74, 6) is 0.261. The average molecular weight is 409 g/mol. The van der Waals surface area contributed by atoms with E-state index < -0.39 is 0 Å². The quantitative estimate of drug-likeness (QED) is 0.664. The van der Waals surface area contributed by atoms with Crippen molar-refractivity contribution in [2.75, 3.05) is 18.0 Å². The van der Waals surface area contributed by atoms with E-state index in [1.165, 1.54) is 17.3 Å². The van der Waals surface area contributed by atoms with E-state index in [1.54, 1.807) is 4.90 Å². The maximum atomic E-state index is 13.2. The van der Waals surface area contributed by atoms with Crippen LogP contribution in [0.3, 0.4) is 0 Å². The van der Waals surface area contributed by atoms with Crippen LogP contribution >= 0.6 is 11.8 Å². The van der Waals surface area contributed by atoms with Crippen molar-refractivity contribution in [1.29, 1.82) is 0 Å². The second-order valence-electron chi connectivity index (χ2n) is 7.60. The number of hydrogen-bond donors (Lipinski definition) is 1.